The second kappa shape index (κ2) is 9.65. The SMILES string of the molecule is CCCCC1CC=C(CCCCOc2ccccc2)CC1. The van der Waals surface area contributed by atoms with Gasteiger partial charge in [0.1, 0.15) is 5.75 Å². The molecule has 0 bridgehead atoms. The summed E-state index contributed by atoms with van der Waals surface area (Å²) in [4.78, 5) is 0. The van der Waals surface area contributed by atoms with Crippen LogP contribution in [0.3, 0.4) is 0 Å². The van der Waals surface area contributed by atoms with Crippen LogP contribution in [0.5, 0.6) is 5.75 Å². The zero-order chi connectivity index (χ0) is 14.8. The third-order valence-corrected chi connectivity index (χ3v) is 4.48. The van der Waals surface area contributed by atoms with Crippen molar-refractivity contribution >= 4 is 0 Å². The Kier molecular flexibility index (Phi) is 7.42. The minimum Gasteiger partial charge on any atom is -0.494 e. The van der Waals surface area contributed by atoms with Crippen molar-refractivity contribution in [3.8, 4) is 5.75 Å². The number of hydrogen-bond acceptors (Lipinski definition) is 1. The van der Waals surface area contributed by atoms with Gasteiger partial charge in [0.05, 0.1) is 6.61 Å². The molecule has 0 N–H and O–H groups in total. The highest BCUT2D eigenvalue weighted by molar-refractivity contribution is 5.20. The smallest absolute Gasteiger partial charge is 0.119 e. The molecule has 1 aromatic carbocycles. The van der Waals surface area contributed by atoms with Gasteiger partial charge in [-0.1, -0.05) is 56.0 Å². The quantitative estimate of drug-likeness (QED) is 0.390. The molecule has 0 radical (unpaired) electrons. The lowest BCUT2D eigenvalue weighted by molar-refractivity contribution is 0.306. The summed E-state index contributed by atoms with van der Waals surface area (Å²) >= 11 is 0. The van der Waals surface area contributed by atoms with Crippen molar-refractivity contribution in [1.82, 2.24) is 0 Å². The monoisotopic (exact) mass is 286 g/mol. The summed E-state index contributed by atoms with van der Waals surface area (Å²) in [5.74, 6) is 1.96. The molecule has 1 aliphatic rings. The first-order valence-corrected chi connectivity index (χ1v) is 8.74. The summed E-state index contributed by atoms with van der Waals surface area (Å²) in [6.07, 6.45) is 14.5. The molecule has 1 unspecified atom stereocenters. The summed E-state index contributed by atoms with van der Waals surface area (Å²) in [7, 11) is 0. The molecule has 0 aromatic heterocycles. The van der Waals surface area contributed by atoms with Gasteiger partial charge in [-0.3, -0.25) is 0 Å². The second-order valence-corrected chi connectivity index (χ2v) is 6.26. The van der Waals surface area contributed by atoms with Gasteiger partial charge in [0.2, 0.25) is 0 Å². The average molecular weight is 286 g/mol. The van der Waals surface area contributed by atoms with Crippen LogP contribution in [0.2, 0.25) is 0 Å². The van der Waals surface area contributed by atoms with E-state index in [1.54, 1.807) is 5.57 Å². The van der Waals surface area contributed by atoms with Crippen molar-refractivity contribution in [1.29, 1.82) is 0 Å². The summed E-state index contributed by atoms with van der Waals surface area (Å²) in [6.45, 7) is 3.14. The normalized spacial score (nSPS) is 18.3. The maximum absolute atomic E-state index is 5.74. The molecule has 21 heavy (non-hydrogen) atoms. The zero-order valence-corrected chi connectivity index (χ0v) is 13.5. The first-order valence-electron chi connectivity index (χ1n) is 8.74. The molecule has 1 nitrogen and oxygen atoms in total. The van der Waals surface area contributed by atoms with Crippen molar-refractivity contribution < 1.29 is 4.74 Å². The minimum atomic E-state index is 0.844. The van der Waals surface area contributed by atoms with Gasteiger partial charge < -0.3 is 4.74 Å². The predicted molar refractivity (Wildman–Crippen MR) is 90.7 cm³/mol. The van der Waals surface area contributed by atoms with E-state index in [4.69, 9.17) is 4.74 Å². The summed E-state index contributed by atoms with van der Waals surface area (Å²) < 4.78 is 5.74. The number of benzene rings is 1. The van der Waals surface area contributed by atoms with Crippen molar-refractivity contribution in [2.24, 2.45) is 5.92 Å². The fraction of sp³-hybridized carbons (Fsp3) is 0.600. The molecule has 0 saturated heterocycles. The molecule has 0 spiro atoms. The lowest BCUT2D eigenvalue weighted by Crippen LogP contribution is -2.06. The number of allylic oxidation sites excluding steroid dienone is 2. The molecule has 1 aromatic rings. The van der Waals surface area contributed by atoms with Crippen LogP contribution in [0.1, 0.15) is 64.7 Å². The summed E-state index contributed by atoms with van der Waals surface area (Å²) in [5, 5.41) is 0. The average Bonchev–Trinajstić information content (AvgIpc) is 2.55. The van der Waals surface area contributed by atoms with Crippen molar-refractivity contribution in [2.45, 2.75) is 64.7 Å². The maximum Gasteiger partial charge on any atom is 0.119 e. The molecule has 0 aliphatic heterocycles. The first kappa shape index (κ1) is 16.1. The Morgan fingerprint density at radius 3 is 2.67 bits per heavy atom. The van der Waals surface area contributed by atoms with E-state index in [0.717, 1.165) is 24.7 Å². The largest absolute Gasteiger partial charge is 0.494 e. The summed E-state index contributed by atoms with van der Waals surface area (Å²) in [5.41, 5.74) is 1.70. The standard InChI is InChI=1S/C20H30O/c1-2-3-9-18-13-15-19(16-14-18)10-7-8-17-21-20-11-5-4-6-12-20/h4-6,11-12,15,18H,2-3,7-10,13-14,16-17H2,1H3. The van der Waals surface area contributed by atoms with E-state index in [1.807, 2.05) is 30.3 Å². The molecule has 1 atom stereocenters. The lowest BCUT2D eigenvalue weighted by Gasteiger charge is -2.21. The predicted octanol–water partition coefficient (Wildman–Crippen LogP) is 6.15. The lowest BCUT2D eigenvalue weighted by atomic mass is 9.85. The summed E-state index contributed by atoms with van der Waals surface area (Å²) in [6, 6.07) is 10.1. The van der Waals surface area contributed by atoms with E-state index in [-0.39, 0.29) is 0 Å². The Balaban J connectivity index is 1.54. The van der Waals surface area contributed by atoms with Crippen LogP contribution in [-0.4, -0.2) is 6.61 Å². The molecule has 0 saturated carbocycles. The molecular formula is C20H30O. The van der Waals surface area contributed by atoms with Crippen LogP contribution in [-0.2, 0) is 0 Å². The Morgan fingerprint density at radius 1 is 1.10 bits per heavy atom. The van der Waals surface area contributed by atoms with Gasteiger partial charge >= 0.3 is 0 Å². The van der Waals surface area contributed by atoms with Gasteiger partial charge in [0.15, 0.2) is 0 Å². The maximum atomic E-state index is 5.74. The Labute approximate surface area is 130 Å². The number of unbranched alkanes of at least 4 members (excludes halogenated alkanes) is 2. The van der Waals surface area contributed by atoms with E-state index in [0.29, 0.717) is 0 Å². The van der Waals surface area contributed by atoms with Crippen molar-refractivity contribution in [3.63, 3.8) is 0 Å². The van der Waals surface area contributed by atoms with E-state index >= 15 is 0 Å². The fourth-order valence-corrected chi connectivity index (χ4v) is 3.09. The topological polar surface area (TPSA) is 9.23 Å². The minimum absolute atomic E-state index is 0.844. The van der Waals surface area contributed by atoms with Crippen molar-refractivity contribution in [3.05, 3.63) is 42.0 Å². The molecule has 0 amide bonds. The molecule has 0 fully saturated rings. The fourth-order valence-electron chi connectivity index (χ4n) is 3.09. The molecule has 1 aliphatic carbocycles. The van der Waals surface area contributed by atoms with E-state index < -0.39 is 0 Å². The Hall–Kier alpha value is -1.24. The van der Waals surface area contributed by atoms with E-state index in [2.05, 4.69) is 13.0 Å². The molecule has 1 heteroatoms. The zero-order valence-electron chi connectivity index (χ0n) is 13.5. The van der Waals surface area contributed by atoms with Crippen molar-refractivity contribution in [2.75, 3.05) is 6.61 Å². The van der Waals surface area contributed by atoms with Crippen LogP contribution < -0.4 is 4.74 Å². The number of para-hydroxylation sites is 1. The number of ether oxygens (including phenoxy) is 1. The number of rotatable bonds is 9. The van der Waals surface area contributed by atoms with Gasteiger partial charge in [-0.25, -0.2) is 0 Å². The second-order valence-electron chi connectivity index (χ2n) is 6.26. The van der Waals surface area contributed by atoms with Crippen LogP contribution in [0.15, 0.2) is 42.0 Å². The van der Waals surface area contributed by atoms with E-state index in [1.165, 1.54) is 51.4 Å². The van der Waals surface area contributed by atoms with Gasteiger partial charge in [-0.2, -0.15) is 0 Å². The molecule has 0 heterocycles. The highest BCUT2D eigenvalue weighted by Gasteiger charge is 2.13. The van der Waals surface area contributed by atoms with Gasteiger partial charge in [-0.05, 0) is 56.6 Å². The molecule has 116 valence electrons. The van der Waals surface area contributed by atoms with Crippen LogP contribution in [0, 0.1) is 5.92 Å². The molecular weight excluding hydrogens is 256 g/mol. The third-order valence-electron chi connectivity index (χ3n) is 4.48. The Morgan fingerprint density at radius 2 is 1.95 bits per heavy atom. The van der Waals surface area contributed by atoms with E-state index in [9.17, 15) is 0 Å². The Bertz CT molecular complexity index is 407. The highest BCUT2D eigenvalue weighted by atomic mass is 16.5. The highest BCUT2D eigenvalue weighted by Crippen LogP contribution is 2.29. The third kappa shape index (κ3) is 6.37. The van der Waals surface area contributed by atoms with Gasteiger partial charge in [0, 0.05) is 0 Å². The molecule has 2 rings (SSSR count). The van der Waals surface area contributed by atoms with Gasteiger partial charge in [-0.15, -0.1) is 0 Å². The van der Waals surface area contributed by atoms with Gasteiger partial charge in [0.25, 0.3) is 0 Å². The number of hydrogen-bond donors (Lipinski definition) is 0. The van der Waals surface area contributed by atoms with Crippen LogP contribution >= 0.6 is 0 Å². The van der Waals surface area contributed by atoms with Crippen LogP contribution in [0.25, 0.3) is 0 Å². The first-order chi connectivity index (χ1) is 10.4. The van der Waals surface area contributed by atoms with Crippen LogP contribution in [0.4, 0.5) is 0 Å².